The maximum absolute atomic E-state index is 3.84. The second kappa shape index (κ2) is 2.03. The maximum atomic E-state index is 3.84. The zero-order chi connectivity index (χ0) is 5.98. The van der Waals surface area contributed by atoms with Gasteiger partial charge >= 0.3 is 0 Å². The number of nitrogens with zero attached hydrogens (tertiary/aromatic N) is 3. The standard InChI is InChI=1S/C5H10N3/c1-5(2)8-4-3-6-7-8/h4-5H,3H2,1-2H3/q+1. The first-order valence-corrected chi connectivity index (χ1v) is 2.80. The molecule has 0 atom stereocenters. The van der Waals surface area contributed by atoms with Crippen molar-refractivity contribution in [3.8, 4) is 0 Å². The SMILES string of the molecule is CC(C)[N+]1=CCN=N1. The molecule has 0 aromatic rings. The lowest BCUT2D eigenvalue weighted by atomic mass is 10.4. The van der Waals surface area contributed by atoms with Crippen LogP contribution >= 0.6 is 0 Å². The lowest BCUT2D eigenvalue weighted by molar-refractivity contribution is -0.562. The first-order chi connectivity index (χ1) is 3.80. The van der Waals surface area contributed by atoms with Crippen LogP contribution in [0.3, 0.4) is 0 Å². The third-order valence-electron chi connectivity index (χ3n) is 1.05. The van der Waals surface area contributed by atoms with Gasteiger partial charge in [-0.15, -0.1) is 4.68 Å². The summed E-state index contributed by atoms with van der Waals surface area (Å²) in [4.78, 5) is 0. The summed E-state index contributed by atoms with van der Waals surface area (Å²) in [6, 6.07) is 0.459. The van der Waals surface area contributed by atoms with Gasteiger partial charge in [-0.3, -0.25) is 0 Å². The molecule has 8 heavy (non-hydrogen) atoms. The molecule has 0 fully saturated rings. The first-order valence-electron chi connectivity index (χ1n) is 2.80. The van der Waals surface area contributed by atoms with Gasteiger partial charge < -0.3 is 0 Å². The molecule has 1 heterocycles. The fourth-order valence-corrected chi connectivity index (χ4v) is 0.580. The smallest absolute Gasteiger partial charge is 0.135 e. The van der Waals surface area contributed by atoms with Crippen molar-refractivity contribution in [2.45, 2.75) is 19.9 Å². The highest BCUT2D eigenvalue weighted by atomic mass is 15.5. The maximum Gasteiger partial charge on any atom is 0.212 e. The van der Waals surface area contributed by atoms with Crippen molar-refractivity contribution in [2.75, 3.05) is 6.54 Å². The fourth-order valence-electron chi connectivity index (χ4n) is 0.580. The lowest BCUT2D eigenvalue weighted by Gasteiger charge is -1.94. The zero-order valence-corrected chi connectivity index (χ0v) is 5.20. The Kier molecular flexibility index (Phi) is 1.37. The van der Waals surface area contributed by atoms with Gasteiger partial charge in [0.15, 0.2) is 0 Å². The van der Waals surface area contributed by atoms with Crippen LogP contribution < -0.4 is 0 Å². The van der Waals surface area contributed by atoms with Crippen molar-refractivity contribution in [3.63, 3.8) is 0 Å². The van der Waals surface area contributed by atoms with E-state index in [9.17, 15) is 0 Å². The van der Waals surface area contributed by atoms with E-state index in [1.54, 1.807) is 0 Å². The average molecular weight is 112 g/mol. The van der Waals surface area contributed by atoms with Crippen LogP contribution in [0.15, 0.2) is 10.3 Å². The van der Waals surface area contributed by atoms with Gasteiger partial charge in [-0.25, -0.2) is 0 Å². The molecule has 1 aliphatic heterocycles. The van der Waals surface area contributed by atoms with Crippen LogP contribution in [0.4, 0.5) is 0 Å². The summed E-state index contributed by atoms with van der Waals surface area (Å²) in [5.74, 6) is 0. The van der Waals surface area contributed by atoms with E-state index in [2.05, 4.69) is 24.2 Å². The van der Waals surface area contributed by atoms with Crippen LogP contribution in [-0.2, 0) is 0 Å². The highest BCUT2D eigenvalue weighted by Gasteiger charge is 2.09. The highest BCUT2D eigenvalue weighted by molar-refractivity contribution is 5.54. The molecule has 0 aliphatic carbocycles. The first kappa shape index (κ1) is 5.41. The Morgan fingerprint density at radius 3 is 2.62 bits per heavy atom. The molecule has 0 radical (unpaired) electrons. The van der Waals surface area contributed by atoms with Gasteiger partial charge in [-0.05, 0) is 13.8 Å². The third-order valence-corrected chi connectivity index (χ3v) is 1.05. The van der Waals surface area contributed by atoms with Gasteiger partial charge in [0.1, 0.15) is 17.5 Å². The Hall–Kier alpha value is -0.730. The van der Waals surface area contributed by atoms with Crippen molar-refractivity contribution < 1.29 is 4.68 Å². The Morgan fingerprint density at radius 2 is 2.38 bits per heavy atom. The van der Waals surface area contributed by atoms with Gasteiger partial charge in [-0.2, -0.15) is 0 Å². The normalized spacial score (nSPS) is 17.6. The van der Waals surface area contributed by atoms with Gasteiger partial charge in [0, 0.05) is 5.11 Å². The molecule has 1 aliphatic rings. The third kappa shape index (κ3) is 0.911. The van der Waals surface area contributed by atoms with Gasteiger partial charge in [0.2, 0.25) is 6.54 Å². The molecule has 0 bridgehead atoms. The van der Waals surface area contributed by atoms with E-state index in [-0.39, 0.29) is 0 Å². The van der Waals surface area contributed by atoms with E-state index in [1.807, 2.05) is 10.9 Å². The van der Waals surface area contributed by atoms with Crippen molar-refractivity contribution in [1.82, 2.24) is 0 Å². The molecule has 0 N–H and O–H groups in total. The quantitative estimate of drug-likeness (QED) is 0.450. The van der Waals surface area contributed by atoms with E-state index >= 15 is 0 Å². The van der Waals surface area contributed by atoms with Crippen LogP contribution in [0.25, 0.3) is 0 Å². The predicted octanol–water partition coefficient (Wildman–Crippen LogP) is 0.859. The second-order valence-corrected chi connectivity index (χ2v) is 2.07. The minimum absolute atomic E-state index is 0.459. The summed E-state index contributed by atoms with van der Waals surface area (Å²) in [5, 5.41) is 7.62. The molecule has 0 unspecified atom stereocenters. The molecule has 1 rings (SSSR count). The molecule has 0 spiro atoms. The van der Waals surface area contributed by atoms with Crippen LogP contribution in [0, 0.1) is 0 Å². The molecule has 44 valence electrons. The average Bonchev–Trinajstić information content (AvgIpc) is 2.12. The summed E-state index contributed by atoms with van der Waals surface area (Å²) < 4.78 is 1.86. The Bertz CT molecular complexity index is 135. The Labute approximate surface area is 48.7 Å². The number of hydrogen-bond acceptors (Lipinski definition) is 2. The molecule has 0 amide bonds. The summed E-state index contributed by atoms with van der Waals surface area (Å²) in [6.07, 6.45) is 1.98. The van der Waals surface area contributed by atoms with Crippen LogP contribution in [-0.4, -0.2) is 23.5 Å². The molecular weight excluding hydrogens is 102 g/mol. The van der Waals surface area contributed by atoms with Crippen LogP contribution in [0.1, 0.15) is 13.8 Å². The summed E-state index contributed by atoms with van der Waals surface area (Å²) >= 11 is 0. The summed E-state index contributed by atoms with van der Waals surface area (Å²) in [7, 11) is 0. The van der Waals surface area contributed by atoms with E-state index in [1.165, 1.54) is 0 Å². The van der Waals surface area contributed by atoms with Gasteiger partial charge in [0.05, 0.1) is 0 Å². The van der Waals surface area contributed by atoms with Crippen molar-refractivity contribution in [3.05, 3.63) is 0 Å². The summed E-state index contributed by atoms with van der Waals surface area (Å²) in [6.45, 7) is 4.92. The fraction of sp³-hybridized carbons (Fsp3) is 0.800. The summed E-state index contributed by atoms with van der Waals surface area (Å²) in [5.41, 5.74) is 0. The van der Waals surface area contributed by atoms with Crippen molar-refractivity contribution in [1.29, 1.82) is 0 Å². The monoisotopic (exact) mass is 112 g/mol. The van der Waals surface area contributed by atoms with Gasteiger partial charge in [0.25, 0.3) is 0 Å². The molecule has 3 nitrogen and oxygen atoms in total. The molecule has 0 saturated heterocycles. The molecule has 0 saturated carbocycles. The van der Waals surface area contributed by atoms with Gasteiger partial charge in [-0.1, -0.05) is 0 Å². The Morgan fingerprint density at radius 1 is 1.62 bits per heavy atom. The van der Waals surface area contributed by atoms with E-state index in [0.717, 1.165) is 6.54 Å². The van der Waals surface area contributed by atoms with Crippen molar-refractivity contribution >= 4 is 6.21 Å². The second-order valence-electron chi connectivity index (χ2n) is 2.07. The Balaban J connectivity index is 2.58. The van der Waals surface area contributed by atoms with Crippen LogP contribution in [0.2, 0.25) is 0 Å². The van der Waals surface area contributed by atoms with E-state index in [4.69, 9.17) is 0 Å². The minimum atomic E-state index is 0.459. The molecule has 0 aromatic carbocycles. The number of rotatable bonds is 1. The molecule has 3 heteroatoms. The number of hydrogen-bond donors (Lipinski definition) is 0. The topological polar surface area (TPSA) is 27.7 Å². The van der Waals surface area contributed by atoms with Crippen LogP contribution in [0.5, 0.6) is 0 Å². The molecule has 0 aromatic heterocycles. The van der Waals surface area contributed by atoms with E-state index < -0.39 is 0 Å². The minimum Gasteiger partial charge on any atom is -0.135 e. The molecular formula is C5H10N3+. The zero-order valence-electron chi connectivity index (χ0n) is 5.20. The van der Waals surface area contributed by atoms with E-state index in [0.29, 0.717) is 6.04 Å². The largest absolute Gasteiger partial charge is 0.212 e. The van der Waals surface area contributed by atoms with Crippen molar-refractivity contribution in [2.24, 2.45) is 10.3 Å². The predicted molar refractivity (Wildman–Crippen MR) is 31.2 cm³/mol. The highest BCUT2D eigenvalue weighted by Crippen LogP contribution is 1.93. The lowest BCUT2D eigenvalue weighted by Crippen LogP contribution is -2.12.